The van der Waals surface area contributed by atoms with E-state index < -0.39 is 69.6 Å². The first kappa shape index (κ1) is 40.8. The van der Waals surface area contributed by atoms with Crippen LogP contribution in [0.2, 0.25) is 0 Å². The molecule has 6 aliphatic rings. The van der Waals surface area contributed by atoms with Crippen LogP contribution in [0.1, 0.15) is 93.9 Å². The van der Waals surface area contributed by atoms with Gasteiger partial charge >= 0.3 is 5.97 Å². The average molecular weight is 808 g/mol. The first-order chi connectivity index (χ1) is 27.3. The molecule has 5 aliphatic carbocycles. The van der Waals surface area contributed by atoms with Crippen molar-refractivity contribution in [2.45, 2.75) is 110 Å². The SMILES string of the molecule is COc1c(N2CCN(COCC(=O)[C@@]3(O)[C@@H](C)C[C@H]4[C@@H]5CCC6=CC(=O)C=C[C@]6(C)[C@@]5(F)[C@@H](O)C[C@@]43C)C(C)C2)c(F)c(C)c2c(=O)c(C(=O)O)c(C)n(C3CC3)c12. The maximum atomic E-state index is 17.6. The van der Waals surface area contributed by atoms with Gasteiger partial charge in [-0.05, 0) is 90.2 Å². The van der Waals surface area contributed by atoms with Crippen molar-refractivity contribution in [3.8, 4) is 5.75 Å². The Balaban J connectivity index is 0.984. The predicted molar refractivity (Wildman–Crippen MR) is 211 cm³/mol. The van der Waals surface area contributed by atoms with E-state index in [9.17, 15) is 34.5 Å². The summed E-state index contributed by atoms with van der Waals surface area (Å²) in [5.41, 5.74) is -5.71. The highest BCUT2D eigenvalue weighted by atomic mass is 19.1. The zero-order chi connectivity index (χ0) is 42.0. The number of aryl methyl sites for hydroxylation is 1. The molecule has 2 heterocycles. The smallest absolute Gasteiger partial charge is 0.341 e. The molecule has 0 radical (unpaired) electrons. The molecule has 0 amide bonds. The second-order valence-electron chi connectivity index (χ2n) is 18.4. The summed E-state index contributed by atoms with van der Waals surface area (Å²) in [6, 6.07) is -0.228. The van der Waals surface area contributed by atoms with E-state index in [0.29, 0.717) is 55.7 Å². The number of benzene rings is 1. The Bertz CT molecular complexity index is 2250. The van der Waals surface area contributed by atoms with E-state index in [1.807, 2.05) is 28.2 Å². The number of ketones is 2. The topological polar surface area (TPSA) is 159 Å². The summed E-state index contributed by atoms with van der Waals surface area (Å²) >= 11 is 0. The van der Waals surface area contributed by atoms with Gasteiger partial charge in [0.2, 0.25) is 5.43 Å². The molecule has 9 atom stereocenters. The number of carbonyl (C=O) groups excluding carboxylic acids is 2. The minimum Gasteiger partial charge on any atom is -0.492 e. The monoisotopic (exact) mass is 807 g/mol. The van der Waals surface area contributed by atoms with Crippen molar-refractivity contribution in [1.29, 1.82) is 0 Å². The number of ether oxygens (including phenoxy) is 2. The summed E-state index contributed by atoms with van der Waals surface area (Å²) in [5.74, 6) is -4.08. The molecule has 2 aromatic rings. The van der Waals surface area contributed by atoms with Gasteiger partial charge in [0.1, 0.15) is 23.5 Å². The predicted octanol–water partition coefficient (Wildman–Crippen LogP) is 5.20. The van der Waals surface area contributed by atoms with Crippen LogP contribution in [-0.4, -0.2) is 106 Å². The molecule has 0 spiro atoms. The number of methoxy groups -OCH3 is 1. The van der Waals surface area contributed by atoms with Crippen molar-refractivity contribution in [2.24, 2.45) is 28.6 Å². The minimum absolute atomic E-state index is 0.00121. The lowest BCUT2D eigenvalue weighted by Crippen LogP contribution is -2.69. The molecule has 12 nitrogen and oxygen atoms in total. The van der Waals surface area contributed by atoms with Crippen LogP contribution < -0.4 is 15.1 Å². The Morgan fingerprint density at radius 3 is 2.41 bits per heavy atom. The summed E-state index contributed by atoms with van der Waals surface area (Å²) in [7, 11) is 1.42. The molecule has 0 bridgehead atoms. The summed E-state index contributed by atoms with van der Waals surface area (Å²) in [4.78, 5) is 56.0. The van der Waals surface area contributed by atoms with Crippen molar-refractivity contribution in [3.63, 3.8) is 0 Å². The number of Topliss-reactive ketones (excluding diaryl/α,β-unsaturated/α-hetero) is 1. The molecule has 1 unspecified atom stereocenters. The number of allylic oxidation sites excluding steroid dienone is 4. The molecule has 58 heavy (non-hydrogen) atoms. The molecular formula is C44H55F2N3O9. The Morgan fingerprint density at radius 2 is 1.78 bits per heavy atom. The minimum atomic E-state index is -2.07. The van der Waals surface area contributed by atoms with Gasteiger partial charge in [-0.2, -0.15) is 0 Å². The van der Waals surface area contributed by atoms with Gasteiger partial charge in [-0.25, -0.2) is 13.6 Å². The first-order valence-electron chi connectivity index (χ1n) is 20.6. The van der Waals surface area contributed by atoms with E-state index in [2.05, 4.69) is 0 Å². The van der Waals surface area contributed by atoms with Crippen LogP contribution in [-0.2, 0) is 14.3 Å². The highest BCUT2D eigenvalue weighted by molar-refractivity contribution is 6.01. The highest BCUT2D eigenvalue weighted by Gasteiger charge is 2.75. The van der Waals surface area contributed by atoms with Crippen molar-refractivity contribution in [1.82, 2.24) is 9.47 Å². The van der Waals surface area contributed by atoms with Gasteiger partial charge in [0, 0.05) is 59.7 Å². The van der Waals surface area contributed by atoms with E-state index in [1.165, 1.54) is 26.2 Å². The van der Waals surface area contributed by atoms with E-state index in [1.54, 1.807) is 26.8 Å². The molecule has 1 aliphatic heterocycles. The normalized spacial score (nSPS) is 36.1. The maximum absolute atomic E-state index is 17.6. The number of carboxylic acid groups (broad SMARTS) is 1. The maximum Gasteiger partial charge on any atom is 0.341 e. The Morgan fingerprint density at radius 1 is 1.07 bits per heavy atom. The number of rotatable bonds is 9. The zero-order valence-corrected chi connectivity index (χ0v) is 34.4. The number of aromatic nitrogens is 1. The number of piperazine rings is 1. The van der Waals surface area contributed by atoms with Gasteiger partial charge in [0.05, 0.1) is 30.8 Å². The molecule has 1 saturated heterocycles. The number of hydrogen-bond donors (Lipinski definition) is 3. The molecule has 14 heteroatoms. The Kier molecular flexibility index (Phi) is 9.69. The molecule has 1 aromatic carbocycles. The first-order valence-corrected chi connectivity index (χ1v) is 20.6. The van der Waals surface area contributed by atoms with Crippen LogP contribution in [0.25, 0.3) is 10.9 Å². The fourth-order valence-corrected chi connectivity index (χ4v) is 12.3. The lowest BCUT2D eigenvalue weighted by atomic mass is 9.44. The lowest BCUT2D eigenvalue weighted by Gasteiger charge is -2.62. The fourth-order valence-electron chi connectivity index (χ4n) is 12.3. The van der Waals surface area contributed by atoms with Crippen molar-refractivity contribution in [3.05, 3.63) is 56.7 Å². The van der Waals surface area contributed by atoms with E-state index >= 15 is 8.78 Å². The van der Waals surface area contributed by atoms with Gasteiger partial charge in [0.15, 0.2) is 28.8 Å². The van der Waals surface area contributed by atoms with Gasteiger partial charge in [-0.1, -0.05) is 25.5 Å². The number of anilines is 1. The van der Waals surface area contributed by atoms with Crippen molar-refractivity contribution >= 4 is 34.1 Å². The van der Waals surface area contributed by atoms with Crippen LogP contribution in [0.15, 0.2) is 28.6 Å². The molecular weight excluding hydrogens is 752 g/mol. The molecule has 4 saturated carbocycles. The Hall–Kier alpha value is -3.98. The average Bonchev–Trinajstić information content (AvgIpc) is 3.98. The molecule has 314 valence electrons. The molecule has 8 rings (SSSR count). The van der Waals surface area contributed by atoms with Gasteiger partial charge in [-0.15, -0.1) is 0 Å². The highest BCUT2D eigenvalue weighted by Crippen LogP contribution is 2.70. The third-order valence-corrected chi connectivity index (χ3v) is 15.5. The Labute approximate surface area is 336 Å². The van der Waals surface area contributed by atoms with E-state index in [0.717, 1.165) is 12.8 Å². The quantitative estimate of drug-likeness (QED) is 0.306. The lowest BCUT2D eigenvalue weighted by molar-refractivity contribution is -0.220. The summed E-state index contributed by atoms with van der Waals surface area (Å²) in [6.07, 6.45) is 5.74. The summed E-state index contributed by atoms with van der Waals surface area (Å²) < 4.78 is 47.8. The van der Waals surface area contributed by atoms with Gasteiger partial charge in [-0.3, -0.25) is 19.3 Å². The third kappa shape index (κ3) is 5.42. The summed E-state index contributed by atoms with van der Waals surface area (Å²) in [6.45, 7) is 11.2. The number of alkyl halides is 1. The second-order valence-corrected chi connectivity index (χ2v) is 18.4. The number of pyridine rings is 1. The van der Waals surface area contributed by atoms with Crippen LogP contribution in [0.5, 0.6) is 5.75 Å². The largest absolute Gasteiger partial charge is 0.492 e. The van der Waals surface area contributed by atoms with Crippen LogP contribution in [0.3, 0.4) is 0 Å². The van der Waals surface area contributed by atoms with Gasteiger partial charge in [0.25, 0.3) is 0 Å². The van der Waals surface area contributed by atoms with Crippen LogP contribution >= 0.6 is 0 Å². The fraction of sp³-hybridized carbons (Fsp3) is 0.636. The second kappa shape index (κ2) is 13.8. The number of aliphatic hydroxyl groups excluding tert-OH is 1. The standard InChI is InChI=1S/C44H55F2N3O9/c1-22-16-30-29-11-8-26-17-28(50)12-13-41(26,5)43(29,46)31(51)18-42(30,6)44(22,56)32(52)20-58-21-48-15-14-47(19-23(48)2)37-35(45)24(3)33-36(39(37)57-7)49(27-9-10-27)25(4)34(38(33)53)40(54)55/h12-13,17,22-23,27,29-31,51,56H,8-11,14-16,18-21H2,1-7H3,(H,54,55)/t22-,23?,29-,30-,31-,41-,42-,43-,44-/m0/s1. The number of aromatic carboxylic acids is 1. The number of nitrogens with zero attached hydrogens (tertiary/aromatic N) is 3. The number of halogens is 2. The van der Waals surface area contributed by atoms with Gasteiger partial charge < -0.3 is 34.3 Å². The number of carboxylic acids is 1. The summed E-state index contributed by atoms with van der Waals surface area (Å²) in [5, 5.41) is 34.0. The van der Waals surface area contributed by atoms with E-state index in [4.69, 9.17) is 9.47 Å². The van der Waals surface area contributed by atoms with Crippen molar-refractivity contribution in [2.75, 3.05) is 45.0 Å². The number of hydrogen-bond acceptors (Lipinski definition) is 10. The molecule has 5 fully saturated rings. The number of aliphatic hydroxyl groups is 2. The zero-order valence-electron chi connectivity index (χ0n) is 34.4. The van der Waals surface area contributed by atoms with Crippen LogP contribution in [0.4, 0.5) is 14.5 Å². The number of fused-ring (bicyclic) bond motifs is 6. The molecule has 3 N–H and O–H groups in total. The number of carbonyl (C=O) groups is 3. The third-order valence-electron chi connectivity index (χ3n) is 15.5. The van der Waals surface area contributed by atoms with Crippen LogP contribution in [0, 0.1) is 48.2 Å². The van der Waals surface area contributed by atoms with Crippen molar-refractivity contribution < 1.29 is 48.0 Å². The molecule has 1 aromatic heterocycles. The van der Waals surface area contributed by atoms with E-state index in [-0.39, 0.29) is 64.9 Å².